The Morgan fingerprint density at radius 1 is 1.45 bits per heavy atom. The second-order valence-electron chi connectivity index (χ2n) is 3.18. The van der Waals surface area contributed by atoms with Crippen LogP contribution in [0.3, 0.4) is 0 Å². The van der Waals surface area contributed by atoms with Gasteiger partial charge < -0.3 is 0 Å². The minimum Gasteiger partial charge on any atom is -0.300 e. The van der Waals surface area contributed by atoms with Gasteiger partial charge in [-0.05, 0) is 19.9 Å². The maximum atomic E-state index is 4.11. The van der Waals surface area contributed by atoms with E-state index in [1.54, 1.807) is 0 Å². The highest BCUT2D eigenvalue weighted by molar-refractivity contribution is 7.80. The first-order valence-corrected chi connectivity index (χ1v) is 4.94. The van der Waals surface area contributed by atoms with Crippen LogP contribution in [0.15, 0.2) is 12.2 Å². The summed E-state index contributed by atoms with van der Waals surface area (Å²) in [4.78, 5) is 2.42. The molecule has 11 heavy (non-hydrogen) atoms. The van der Waals surface area contributed by atoms with E-state index in [9.17, 15) is 0 Å². The second kappa shape index (κ2) is 4.83. The first-order valence-electron chi connectivity index (χ1n) is 4.30. The van der Waals surface area contributed by atoms with Crippen molar-refractivity contribution in [3.05, 3.63) is 12.2 Å². The molecule has 2 heteroatoms. The molecule has 1 rings (SSSR count). The van der Waals surface area contributed by atoms with Gasteiger partial charge in [-0.25, -0.2) is 0 Å². The highest BCUT2D eigenvalue weighted by Gasteiger charge is 2.20. The van der Waals surface area contributed by atoms with Crippen LogP contribution in [0.1, 0.15) is 19.3 Å². The average molecular weight is 171 g/mol. The molecule has 0 radical (unpaired) electrons. The molecule has 0 atom stereocenters. The van der Waals surface area contributed by atoms with Gasteiger partial charge in [-0.2, -0.15) is 12.6 Å². The lowest BCUT2D eigenvalue weighted by Crippen LogP contribution is -2.37. The highest BCUT2D eigenvalue weighted by atomic mass is 32.1. The normalized spacial score (nSPS) is 19.5. The van der Waals surface area contributed by atoms with Crippen molar-refractivity contribution in [1.82, 2.24) is 4.90 Å². The molecule has 0 aromatic rings. The van der Waals surface area contributed by atoms with Crippen LogP contribution in [0.4, 0.5) is 0 Å². The van der Waals surface area contributed by atoms with Crippen molar-refractivity contribution >= 4 is 12.6 Å². The molecule has 0 saturated heterocycles. The largest absolute Gasteiger partial charge is 0.300 e. The summed E-state index contributed by atoms with van der Waals surface area (Å²) in [7, 11) is 2.20. The molecular formula is C9H17NS. The minimum atomic E-state index is 0.860. The molecule has 1 nitrogen and oxygen atoms in total. The van der Waals surface area contributed by atoms with Crippen LogP contribution in [-0.2, 0) is 0 Å². The van der Waals surface area contributed by atoms with E-state index in [4.69, 9.17) is 0 Å². The first-order chi connectivity index (χ1) is 5.34. The van der Waals surface area contributed by atoms with Crippen molar-refractivity contribution in [3.8, 4) is 0 Å². The van der Waals surface area contributed by atoms with Gasteiger partial charge in [0.05, 0.1) is 0 Å². The topological polar surface area (TPSA) is 3.24 Å². The van der Waals surface area contributed by atoms with E-state index in [2.05, 4.69) is 36.7 Å². The van der Waals surface area contributed by atoms with Gasteiger partial charge in [0.2, 0.25) is 0 Å². The van der Waals surface area contributed by atoms with Crippen molar-refractivity contribution < 1.29 is 0 Å². The van der Waals surface area contributed by atoms with E-state index >= 15 is 0 Å². The van der Waals surface area contributed by atoms with Gasteiger partial charge in [0.1, 0.15) is 0 Å². The van der Waals surface area contributed by atoms with E-state index in [0.717, 1.165) is 18.3 Å². The van der Waals surface area contributed by atoms with Crippen molar-refractivity contribution in [2.24, 2.45) is 0 Å². The molecule has 64 valence electrons. The molecule has 1 fully saturated rings. The van der Waals surface area contributed by atoms with Crippen molar-refractivity contribution in [2.45, 2.75) is 25.3 Å². The first kappa shape index (κ1) is 9.14. The Balaban J connectivity index is 2.09. The number of hydrogen-bond donors (Lipinski definition) is 1. The highest BCUT2D eigenvalue weighted by Crippen LogP contribution is 2.22. The van der Waals surface area contributed by atoms with Crippen LogP contribution < -0.4 is 0 Å². The fourth-order valence-electron chi connectivity index (χ4n) is 1.29. The summed E-state index contributed by atoms with van der Waals surface area (Å²) in [5, 5.41) is 0. The predicted molar refractivity (Wildman–Crippen MR) is 53.3 cm³/mol. The Labute approximate surface area is 74.9 Å². The fraction of sp³-hybridized carbons (Fsp3) is 0.778. The molecule has 0 bridgehead atoms. The number of likely N-dealkylation sites (N-methyl/N-ethyl adjacent to an activating group) is 1. The summed E-state index contributed by atoms with van der Waals surface area (Å²) in [5.74, 6) is 0.860. The Morgan fingerprint density at radius 2 is 2.18 bits per heavy atom. The molecule has 0 aromatic carbocycles. The fourth-order valence-corrected chi connectivity index (χ4v) is 1.44. The van der Waals surface area contributed by atoms with Crippen LogP contribution in [0.25, 0.3) is 0 Å². The zero-order valence-corrected chi connectivity index (χ0v) is 8.06. The van der Waals surface area contributed by atoms with Gasteiger partial charge in [-0.1, -0.05) is 18.6 Å². The van der Waals surface area contributed by atoms with E-state index in [0.29, 0.717) is 0 Å². The molecule has 1 aliphatic rings. The molecule has 0 spiro atoms. The summed E-state index contributed by atoms with van der Waals surface area (Å²) in [6, 6.07) is 0.861. The summed E-state index contributed by atoms with van der Waals surface area (Å²) >= 11 is 4.11. The van der Waals surface area contributed by atoms with Gasteiger partial charge in [0.25, 0.3) is 0 Å². The third kappa shape index (κ3) is 2.88. The van der Waals surface area contributed by atoms with Crippen molar-refractivity contribution in [1.29, 1.82) is 0 Å². The smallest absolute Gasteiger partial charge is 0.0163 e. The minimum absolute atomic E-state index is 0.860. The van der Waals surface area contributed by atoms with Crippen LogP contribution in [-0.4, -0.2) is 30.3 Å². The van der Waals surface area contributed by atoms with E-state index in [1.165, 1.54) is 19.3 Å². The van der Waals surface area contributed by atoms with E-state index in [-0.39, 0.29) is 0 Å². The number of hydrogen-bond acceptors (Lipinski definition) is 2. The SMILES string of the molecule is CN(C/C=C/CS)C1CCC1. The molecular weight excluding hydrogens is 154 g/mol. The predicted octanol–water partition coefficient (Wildman–Crippen LogP) is 1.96. The third-order valence-corrected chi connectivity index (χ3v) is 2.57. The van der Waals surface area contributed by atoms with Crippen LogP contribution in [0.5, 0.6) is 0 Å². The molecule has 0 aromatic heterocycles. The molecule has 0 heterocycles. The lowest BCUT2D eigenvalue weighted by atomic mass is 9.92. The lowest BCUT2D eigenvalue weighted by molar-refractivity contribution is 0.175. The van der Waals surface area contributed by atoms with Crippen LogP contribution in [0, 0.1) is 0 Å². The van der Waals surface area contributed by atoms with Gasteiger partial charge in [-0.3, -0.25) is 4.90 Å². The van der Waals surface area contributed by atoms with Gasteiger partial charge in [0, 0.05) is 18.3 Å². The summed E-state index contributed by atoms with van der Waals surface area (Å²) in [6.07, 6.45) is 8.52. The molecule has 0 amide bonds. The Kier molecular flexibility index (Phi) is 4.02. The molecule has 0 aliphatic heterocycles. The summed E-state index contributed by atoms with van der Waals surface area (Å²) in [5.41, 5.74) is 0. The number of thiol groups is 1. The molecule has 1 aliphatic carbocycles. The summed E-state index contributed by atoms with van der Waals surface area (Å²) in [6.45, 7) is 1.09. The maximum Gasteiger partial charge on any atom is 0.0163 e. The van der Waals surface area contributed by atoms with E-state index in [1.807, 2.05) is 0 Å². The van der Waals surface area contributed by atoms with Gasteiger partial charge in [0.15, 0.2) is 0 Å². The number of nitrogens with zero attached hydrogens (tertiary/aromatic N) is 1. The lowest BCUT2D eigenvalue weighted by Gasteiger charge is -2.33. The van der Waals surface area contributed by atoms with Crippen molar-refractivity contribution in [2.75, 3.05) is 19.3 Å². The van der Waals surface area contributed by atoms with Gasteiger partial charge >= 0.3 is 0 Å². The van der Waals surface area contributed by atoms with Gasteiger partial charge in [-0.15, -0.1) is 0 Å². The van der Waals surface area contributed by atoms with Crippen molar-refractivity contribution in [3.63, 3.8) is 0 Å². The van der Waals surface area contributed by atoms with E-state index < -0.39 is 0 Å². The monoisotopic (exact) mass is 171 g/mol. The standard InChI is InChI=1S/C9H17NS/c1-10(7-2-3-8-11)9-5-4-6-9/h2-3,9,11H,4-8H2,1H3/b3-2+. The Bertz CT molecular complexity index is 130. The summed E-state index contributed by atoms with van der Waals surface area (Å²) < 4.78 is 0. The molecule has 1 saturated carbocycles. The Morgan fingerprint density at radius 3 is 2.64 bits per heavy atom. The molecule has 0 unspecified atom stereocenters. The number of rotatable bonds is 4. The Hall–Kier alpha value is 0.0500. The quantitative estimate of drug-likeness (QED) is 0.500. The zero-order valence-electron chi connectivity index (χ0n) is 7.16. The second-order valence-corrected chi connectivity index (χ2v) is 3.54. The molecule has 0 N–H and O–H groups in total. The van der Waals surface area contributed by atoms with Crippen LogP contribution >= 0.6 is 12.6 Å². The third-order valence-electron chi connectivity index (χ3n) is 2.36. The average Bonchev–Trinajstić information content (AvgIpc) is 1.84. The zero-order chi connectivity index (χ0) is 8.10. The maximum absolute atomic E-state index is 4.11. The van der Waals surface area contributed by atoms with Crippen LogP contribution in [0.2, 0.25) is 0 Å².